The molecule has 0 spiro atoms. The topological polar surface area (TPSA) is 66.5 Å². The number of rotatable bonds is 5. The van der Waals surface area contributed by atoms with Crippen LogP contribution >= 0.6 is 0 Å². The zero-order chi connectivity index (χ0) is 18.6. The van der Waals surface area contributed by atoms with Gasteiger partial charge in [-0.15, -0.1) is 0 Å². The van der Waals surface area contributed by atoms with Crippen molar-refractivity contribution in [3.05, 3.63) is 29.3 Å². The molecule has 0 saturated heterocycles. The molecule has 1 aromatic rings. The molecular weight excluding hydrogens is 336 g/mol. The Bertz CT molecular complexity index is 687. The molecule has 0 radical (unpaired) electrons. The lowest BCUT2D eigenvalue weighted by Gasteiger charge is -2.30. The summed E-state index contributed by atoms with van der Waals surface area (Å²) >= 11 is 0. The fraction of sp³-hybridized carbons (Fsp3) is 0.632. The number of hydrogen-bond donors (Lipinski definition) is 1. The number of carbonyl (C=O) groups excluding carboxylic acids is 1. The first kappa shape index (κ1) is 19.8. The highest BCUT2D eigenvalue weighted by Crippen LogP contribution is 2.24. The second-order valence-electron chi connectivity index (χ2n) is 7.28. The highest BCUT2D eigenvalue weighted by Gasteiger charge is 2.30. The molecule has 2 rings (SSSR count). The number of hydrogen-bond acceptors (Lipinski definition) is 3. The van der Waals surface area contributed by atoms with Crippen LogP contribution in [0.5, 0.6) is 0 Å². The maximum atomic E-state index is 12.7. The van der Waals surface area contributed by atoms with Gasteiger partial charge in [-0.3, -0.25) is 9.10 Å². The minimum Gasteiger partial charge on any atom is -0.352 e. The number of anilines is 1. The molecule has 0 unspecified atom stereocenters. The fourth-order valence-electron chi connectivity index (χ4n) is 3.63. The van der Waals surface area contributed by atoms with Gasteiger partial charge in [0.25, 0.3) is 0 Å². The minimum absolute atomic E-state index is 0.151. The second kappa shape index (κ2) is 8.21. The van der Waals surface area contributed by atoms with Gasteiger partial charge >= 0.3 is 0 Å². The van der Waals surface area contributed by atoms with E-state index in [4.69, 9.17) is 0 Å². The number of carbonyl (C=O) groups is 1. The maximum Gasteiger partial charge on any atom is 0.243 e. The molecule has 1 aliphatic carbocycles. The summed E-state index contributed by atoms with van der Waals surface area (Å²) in [6, 6.07) is 4.98. The van der Waals surface area contributed by atoms with Crippen LogP contribution in [-0.2, 0) is 14.8 Å². The largest absolute Gasteiger partial charge is 0.352 e. The first-order chi connectivity index (χ1) is 11.7. The molecular formula is C19H30N2O3S. The van der Waals surface area contributed by atoms with Crippen molar-refractivity contribution in [1.29, 1.82) is 0 Å². The summed E-state index contributed by atoms with van der Waals surface area (Å²) in [6.07, 6.45) is 7.75. The Balaban J connectivity index is 2.23. The lowest BCUT2D eigenvalue weighted by Crippen LogP contribution is -2.50. The van der Waals surface area contributed by atoms with Crippen LogP contribution < -0.4 is 9.62 Å². The Morgan fingerprint density at radius 1 is 1.08 bits per heavy atom. The third-order valence-electron chi connectivity index (χ3n) is 4.75. The molecule has 1 fully saturated rings. The predicted molar refractivity (Wildman–Crippen MR) is 102 cm³/mol. The number of amides is 1. The Kier molecular flexibility index (Phi) is 6.49. The third-order valence-corrected chi connectivity index (χ3v) is 5.99. The highest BCUT2D eigenvalue weighted by molar-refractivity contribution is 7.92. The lowest BCUT2D eigenvalue weighted by molar-refractivity contribution is -0.122. The molecule has 25 heavy (non-hydrogen) atoms. The monoisotopic (exact) mass is 366 g/mol. The molecule has 0 heterocycles. The SMILES string of the molecule is Cc1cc(C)cc(N([C@@H](C)C(=O)NC2CCCCCC2)S(C)(=O)=O)c1. The molecule has 1 N–H and O–H groups in total. The summed E-state index contributed by atoms with van der Waals surface area (Å²) in [6.45, 7) is 5.51. The average Bonchev–Trinajstić information content (AvgIpc) is 2.73. The molecule has 0 aromatic heterocycles. The number of nitrogens with zero attached hydrogens (tertiary/aromatic N) is 1. The van der Waals surface area contributed by atoms with Gasteiger partial charge in [-0.2, -0.15) is 0 Å². The Morgan fingerprint density at radius 3 is 2.08 bits per heavy atom. The molecule has 1 aliphatic rings. The first-order valence-electron chi connectivity index (χ1n) is 9.06. The van der Waals surface area contributed by atoms with Gasteiger partial charge in [0.1, 0.15) is 6.04 Å². The minimum atomic E-state index is -3.57. The summed E-state index contributed by atoms with van der Waals surface area (Å²) in [5.74, 6) is -0.225. The van der Waals surface area contributed by atoms with Crippen LogP contribution in [0.25, 0.3) is 0 Å². The summed E-state index contributed by atoms with van der Waals surface area (Å²) in [5, 5.41) is 3.07. The lowest BCUT2D eigenvalue weighted by atomic mass is 10.1. The summed E-state index contributed by atoms with van der Waals surface area (Å²) < 4.78 is 26.0. The fourth-order valence-corrected chi connectivity index (χ4v) is 4.79. The van der Waals surface area contributed by atoms with E-state index < -0.39 is 16.1 Å². The van der Waals surface area contributed by atoms with Crippen molar-refractivity contribution in [3.63, 3.8) is 0 Å². The van der Waals surface area contributed by atoms with Gasteiger partial charge < -0.3 is 5.32 Å². The molecule has 0 bridgehead atoms. The molecule has 140 valence electrons. The zero-order valence-corrected chi connectivity index (χ0v) is 16.5. The normalized spacial score (nSPS) is 17.6. The van der Waals surface area contributed by atoms with Gasteiger partial charge in [0.15, 0.2) is 0 Å². The molecule has 1 saturated carbocycles. The van der Waals surface area contributed by atoms with Gasteiger partial charge in [0.2, 0.25) is 15.9 Å². The van der Waals surface area contributed by atoms with E-state index >= 15 is 0 Å². The standard InChI is InChI=1S/C19H30N2O3S/c1-14-11-15(2)13-18(12-14)21(25(4,23)24)16(3)19(22)20-17-9-7-5-6-8-10-17/h11-13,16-17H,5-10H2,1-4H3,(H,20,22)/t16-/m0/s1. The van der Waals surface area contributed by atoms with Crippen molar-refractivity contribution in [2.24, 2.45) is 0 Å². The number of aryl methyl sites for hydroxylation is 2. The smallest absolute Gasteiger partial charge is 0.243 e. The molecule has 1 aromatic carbocycles. The van der Waals surface area contributed by atoms with Gasteiger partial charge in [-0.1, -0.05) is 31.7 Å². The first-order valence-corrected chi connectivity index (χ1v) is 10.9. The summed E-state index contributed by atoms with van der Waals surface area (Å²) in [5.41, 5.74) is 2.49. The van der Waals surface area contributed by atoms with Crippen molar-refractivity contribution in [1.82, 2.24) is 5.32 Å². The van der Waals surface area contributed by atoms with Crippen LogP contribution in [0.4, 0.5) is 5.69 Å². The molecule has 5 nitrogen and oxygen atoms in total. The molecule has 6 heteroatoms. The van der Waals surface area contributed by atoms with Crippen molar-refractivity contribution >= 4 is 21.6 Å². The Morgan fingerprint density at radius 2 is 1.60 bits per heavy atom. The number of sulfonamides is 1. The van der Waals surface area contributed by atoms with E-state index in [-0.39, 0.29) is 11.9 Å². The van der Waals surface area contributed by atoms with Crippen LogP contribution in [0, 0.1) is 13.8 Å². The van der Waals surface area contributed by atoms with Crippen molar-refractivity contribution in [2.75, 3.05) is 10.6 Å². The van der Waals surface area contributed by atoms with E-state index in [1.165, 1.54) is 17.1 Å². The zero-order valence-electron chi connectivity index (χ0n) is 15.7. The average molecular weight is 367 g/mol. The van der Waals surface area contributed by atoms with E-state index in [1.54, 1.807) is 6.92 Å². The van der Waals surface area contributed by atoms with Crippen LogP contribution in [0.1, 0.15) is 56.6 Å². The molecule has 0 aliphatic heterocycles. The van der Waals surface area contributed by atoms with E-state index in [2.05, 4.69) is 5.32 Å². The van der Waals surface area contributed by atoms with Gasteiger partial charge in [-0.05, 0) is 56.9 Å². The van der Waals surface area contributed by atoms with Gasteiger partial charge in [0.05, 0.1) is 11.9 Å². The molecule has 1 atom stereocenters. The van der Waals surface area contributed by atoms with E-state index in [9.17, 15) is 13.2 Å². The Labute approximate surface area is 151 Å². The second-order valence-corrected chi connectivity index (χ2v) is 9.14. The third kappa shape index (κ3) is 5.46. The quantitative estimate of drug-likeness (QED) is 0.813. The van der Waals surface area contributed by atoms with Gasteiger partial charge in [0, 0.05) is 6.04 Å². The number of nitrogens with one attached hydrogen (secondary N) is 1. The van der Waals surface area contributed by atoms with Crippen molar-refractivity contribution < 1.29 is 13.2 Å². The highest BCUT2D eigenvalue weighted by atomic mass is 32.2. The maximum absolute atomic E-state index is 12.7. The van der Waals surface area contributed by atoms with Crippen LogP contribution in [-0.4, -0.2) is 32.7 Å². The Hall–Kier alpha value is -1.56. The number of benzene rings is 1. The van der Waals surface area contributed by atoms with E-state index in [0.717, 1.165) is 43.1 Å². The van der Waals surface area contributed by atoms with Crippen LogP contribution in [0.3, 0.4) is 0 Å². The summed E-state index contributed by atoms with van der Waals surface area (Å²) in [7, 11) is -3.57. The van der Waals surface area contributed by atoms with E-state index in [0.29, 0.717) is 5.69 Å². The summed E-state index contributed by atoms with van der Waals surface area (Å²) in [4.78, 5) is 12.7. The van der Waals surface area contributed by atoms with E-state index in [1.807, 2.05) is 32.0 Å². The van der Waals surface area contributed by atoms with Crippen LogP contribution in [0.15, 0.2) is 18.2 Å². The van der Waals surface area contributed by atoms with Crippen molar-refractivity contribution in [3.8, 4) is 0 Å². The van der Waals surface area contributed by atoms with Crippen LogP contribution in [0.2, 0.25) is 0 Å². The molecule has 1 amide bonds. The van der Waals surface area contributed by atoms with Gasteiger partial charge in [-0.25, -0.2) is 8.42 Å². The van der Waals surface area contributed by atoms with Crippen molar-refractivity contribution in [2.45, 2.75) is 71.4 Å². The predicted octanol–water partition coefficient (Wildman–Crippen LogP) is 3.30.